The van der Waals surface area contributed by atoms with Gasteiger partial charge in [0.25, 0.3) is 0 Å². The number of halogens is 1. The summed E-state index contributed by atoms with van der Waals surface area (Å²) in [6, 6.07) is 21.3. The maximum atomic E-state index is 13.5. The Balaban J connectivity index is 1.74. The summed E-state index contributed by atoms with van der Waals surface area (Å²) < 4.78 is 15.7. The molecule has 0 aliphatic carbocycles. The monoisotopic (exact) mass is 367 g/mol. The molecule has 0 amide bonds. The second-order valence-corrected chi connectivity index (χ2v) is 7.11. The molecule has 0 fully saturated rings. The van der Waals surface area contributed by atoms with Crippen molar-refractivity contribution in [2.24, 2.45) is 0 Å². The van der Waals surface area contributed by atoms with Crippen molar-refractivity contribution < 1.29 is 14.4 Å². The first-order chi connectivity index (χ1) is 13.1. The predicted octanol–water partition coefficient (Wildman–Crippen LogP) is 3.03. The van der Waals surface area contributed by atoms with Gasteiger partial charge in [-0.3, -0.25) is 0 Å². The van der Waals surface area contributed by atoms with E-state index in [0.29, 0.717) is 13.1 Å². The fourth-order valence-electron chi connectivity index (χ4n) is 3.42. The van der Waals surface area contributed by atoms with Crippen LogP contribution in [-0.2, 0) is 19.6 Å². The Morgan fingerprint density at radius 2 is 1.74 bits per heavy atom. The molecule has 0 radical (unpaired) electrons. The van der Waals surface area contributed by atoms with Crippen LogP contribution >= 0.6 is 0 Å². The molecule has 27 heavy (non-hydrogen) atoms. The van der Waals surface area contributed by atoms with E-state index in [1.165, 1.54) is 22.2 Å². The quantitative estimate of drug-likeness (QED) is 0.598. The van der Waals surface area contributed by atoms with Crippen LogP contribution in [0, 0.1) is 5.82 Å². The molecule has 142 valence electrons. The summed E-state index contributed by atoms with van der Waals surface area (Å²) in [6.07, 6.45) is 2.48. The average molecular weight is 367 g/mol. The van der Waals surface area contributed by atoms with Crippen molar-refractivity contribution in [1.29, 1.82) is 0 Å². The SMILES string of the molecule is CC[C@H](O)C[NH+](Cc1ccccc1)Cc1cccn1Cc1cccc(F)c1. The van der Waals surface area contributed by atoms with E-state index in [9.17, 15) is 9.50 Å². The Labute approximate surface area is 160 Å². The lowest BCUT2D eigenvalue weighted by atomic mass is 10.2. The van der Waals surface area contributed by atoms with Crippen LogP contribution in [0.2, 0.25) is 0 Å². The molecule has 1 aromatic heterocycles. The number of aliphatic hydroxyl groups excluding tert-OH is 1. The third-order valence-electron chi connectivity index (χ3n) is 4.89. The van der Waals surface area contributed by atoms with Crippen molar-refractivity contribution in [3.05, 3.63) is 95.6 Å². The van der Waals surface area contributed by atoms with Crippen molar-refractivity contribution in [3.8, 4) is 0 Å². The highest BCUT2D eigenvalue weighted by Gasteiger charge is 2.17. The summed E-state index contributed by atoms with van der Waals surface area (Å²) in [6.45, 7) is 5.04. The molecule has 2 N–H and O–H groups in total. The maximum absolute atomic E-state index is 13.5. The highest BCUT2D eigenvalue weighted by Crippen LogP contribution is 2.09. The molecule has 0 spiro atoms. The molecule has 0 bridgehead atoms. The van der Waals surface area contributed by atoms with Crippen LogP contribution in [0.15, 0.2) is 72.9 Å². The summed E-state index contributed by atoms with van der Waals surface area (Å²) in [5.74, 6) is -0.205. The minimum absolute atomic E-state index is 0.205. The van der Waals surface area contributed by atoms with Gasteiger partial charge in [-0.2, -0.15) is 0 Å². The molecule has 4 heteroatoms. The van der Waals surface area contributed by atoms with E-state index in [2.05, 4.69) is 34.9 Å². The van der Waals surface area contributed by atoms with E-state index >= 15 is 0 Å². The summed E-state index contributed by atoms with van der Waals surface area (Å²) >= 11 is 0. The van der Waals surface area contributed by atoms with E-state index in [1.807, 2.05) is 31.3 Å². The second kappa shape index (κ2) is 9.49. The van der Waals surface area contributed by atoms with E-state index in [1.54, 1.807) is 12.1 Å². The first-order valence-electron chi connectivity index (χ1n) is 9.58. The number of quaternary nitrogens is 1. The maximum Gasteiger partial charge on any atom is 0.123 e. The summed E-state index contributed by atoms with van der Waals surface area (Å²) in [4.78, 5) is 1.31. The Bertz CT molecular complexity index is 831. The zero-order chi connectivity index (χ0) is 19.1. The molecule has 1 unspecified atom stereocenters. The third-order valence-corrected chi connectivity index (χ3v) is 4.89. The van der Waals surface area contributed by atoms with Crippen LogP contribution in [0.3, 0.4) is 0 Å². The molecule has 2 aromatic carbocycles. The van der Waals surface area contributed by atoms with Crippen LogP contribution in [0.1, 0.15) is 30.2 Å². The number of nitrogens with one attached hydrogen (secondary N) is 1. The lowest BCUT2D eigenvalue weighted by Crippen LogP contribution is -3.10. The number of hydrogen-bond acceptors (Lipinski definition) is 1. The second-order valence-electron chi connectivity index (χ2n) is 7.11. The van der Waals surface area contributed by atoms with Gasteiger partial charge in [0, 0.05) is 18.3 Å². The molecular formula is C23H28FN2O+. The number of rotatable bonds is 9. The summed E-state index contributed by atoms with van der Waals surface area (Å²) in [5.41, 5.74) is 3.40. The summed E-state index contributed by atoms with van der Waals surface area (Å²) in [7, 11) is 0. The van der Waals surface area contributed by atoms with Crippen LogP contribution in [-0.4, -0.2) is 22.3 Å². The first kappa shape index (κ1) is 19.3. The van der Waals surface area contributed by atoms with E-state index < -0.39 is 0 Å². The highest BCUT2D eigenvalue weighted by atomic mass is 19.1. The fourth-order valence-corrected chi connectivity index (χ4v) is 3.42. The zero-order valence-corrected chi connectivity index (χ0v) is 15.8. The topological polar surface area (TPSA) is 29.6 Å². The van der Waals surface area contributed by atoms with Crippen molar-refractivity contribution in [2.45, 2.75) is 39.1 Å². The van der Waals surface area contributed by atoms with Crippen molar-refractivity contribution in [2.75, 3.05) is 6.54 Å². The van der Waals surface area contributed by atoms with Gasteiger partial charge >= 0.3 is 0 Å². The number of nitrogens with zero attached hydrogens (tertiary/aromatic N) is 1. The largest absolute Gasteiger partial charge is 0.387 e. The molecule has 0 saturated heterocycles. The van der Waals surface area contributed by atoms with E-state index in [0.717, 1.165) is 25.1 Å². The normalized spacial score (nSPS) is 13.4. The van der Waals surface area contributed by atoms with E-state index in [4.69, 9.17) is 0 Å². The van der Waals surface area contributed by atoms with Crippen molar-refractivity contribution >= 4 is 0 Å². The third kappa shape index (κ3) is 5.78. The lowest BCUT2D eigenvalue weighted by molar-refractivity contribution is -0.930. The van der Waals surface area contributed by atoms with Gasteiger partial charge < -0.3 is 14.6 Å². The van der Waals surface area contributed by atoms with Gasteiger partial charge in [0.1, 0.15) is 31.6 Å². The molecule has 0 saturated carbocycles. The molecule has 3 nitrogen and oxygen atoms in total. The smallest absolute Gasteiger partial charge is 0.123 e. The van der Waals surface area contributed by atoms with Gasteiger partial charge in [0.15, 0.2) is 0 Å². The van der Waals surface area contributed by atoms with Crippen LogP contribution in [0.4, 0.5) is 4.39 Å². The number of hydrogen-bond donors (Lipinski definition) is 2. The van der Waals surface area contributed by atoms with Gasteiger partial charge in [0.2, 0.25) is 0 Å². The molecule has 1 heterocycles. The van der Waals surface area contributed by atoms with Crippen LogP contribution in [0.25, 0.3) is 0 Å². The van der Waals surface area contributed by atoms with Crippen molar-refractivity contribution in [1.82, 2.24) is 4.57 Å². The Morgan fingerprint density at radius 1 is 0.963 bits per heavy atom. The number of aliphatic hydroxyl groups is 1. The highest BCUT2D eigenvalue weighted by molar-refractivity contribution is 5.19. The van der Waals surface area contributed by atoms with Gasteiger partial charge in [0.05, 0.1) is 5.69 Å². The van der Waals surface area contributed by atoms with Crippen LogP contribution in [0.5, 0.6) is 0 Å². The molecule has 0 aliphatic heterocycles. The lowest BCUT2D eigenvalue weighted by Gasteiger charge is -2.23. The van der Waals surface area contributed by atoms with E-state index in [-0.39, 0.29) is 11.9 Å². The van der Waals surface area contributed by atoms with Crippen molar-refractivity contribution in [3.63, 3.8) is 0 Å². The molecule has 3 aromatic rings. The number of benzene rings is 2. The standard InChI is InChI=1S/C23H27FN2O/c1-2-23(27)18-25(15-19-8-4-3-5-9-19)17-22-12-7-13-26(22)16-20-10-6-11-21(24)14-20/h3-14,23,27H,2,15-18H2,1H3/p+1/t23-/m0/s1. The number of aromatic nitrogens is 1. The Kier molecular flexibility index (Phi) is 6.80. The Morgan fingerprint density at radius 3 is 2.48 bits per heavy atom. The molecule has 2 atom stereocenters. The van der Waals surface area contributed by atoms with Gasteiger partial charge in [-0.05, 0) is 36.2 Å². The van der Waals surface area contributed by atoms with Gasteiger partial charge in [-0.15, -0.1) is 0 Å². The molecule has 0 aliphatic rings. The minimum atomic E-state index is -0.310. The average Bonchev–Trinajstić information content (AvgIpc) is 3.09. The first-order valence-corrected chi connectivity index (χ1v) is 9.58. The molecular weight excluding hydrogens is 339 g/mol. The summed E-state index contributed by atoms with van der Waals surface area (Å²) in [5, 5.41) is 10.2. The fraction of sp³-hybridized carbons (Fsp3) is 0.304. The minimum Gasteiger partial charge on any atom is -0.387 e. The predicted molar refractivity (Wildman–Crippen MR) is 106 cm³/mol. The molecule has 3 rings (SSSR count). The van der Waals surface area contributed by atoms with Gasteiger partial charge in [-0.25, -0.2) is 4.39 Å². The van der Waals surface area contributed by atoms with Crippen LogP contribution < -0.4 is 4.90 Å². The van der Waals surface area contributed by atoms with Gasteiger partial charge in [-0.1, -0.05) is 49.4 Å². The Hall–Kier alpha value is -2.43. The zero-order valence-electron chi connectivity index (χ0n) is 15.8.